The first-order valence-corrected chi connectivity index (χ1v) is 10.5. The maximum absolute atomic E-state index is 12.2. The summed E-state index contributed by atoms with van der Waals surface area (Å²) in [6.07, 6.45) is 1.46. The molecular weight excluding hydrogens is 482 g/mol. The van der Waals surface area contributed by atoms with Gasteiger partial charge in [0.25, 0.3) is 11.8 Å². The predicted octanol–water partition coefficient (Wildman–Crippen LogP) is 5.19. The molecule has 3 aromatic carbocycles. The summed E-state index contributed by atoms with van der Waals surface area (Å²) in [5.74, 6) is -0.195. The van der Waals surface area contributed by atoms with Gasteiger partial charge in [0.05, 0.1) is 6.21 Å². The van der Waals surface area contributed by atoms with Crippen LogP contribution in [0.5, 0.6) is 5.75 Å². The standard InChI is InChI=1S/C23H19BrClN3O3/c1-15-2-4-16(5-3-15)23(30)28-26-13-17-12-18(24)6-11-21(17)31-14-22(29)27-20-9-7-19(25)8-10-20/h2-13H,14H2,1H3,(H,27,29)(H,28,30)/b26-13+. The molecule has 0 unspecified atom stereocenters. The second-order valence-corrected chi connectivity index (χ2v) is 7.94. The number of hydrogen-bond acceptors (Lipinski definition) is 4. The number of halogens is 2. The van der Waals surface area contributed by atoms with Gasteiger partial charge in [-0.1, -0.05) is 45.2 Å². The zero-order valence-electron chi connectivity index (χ0n) is 16.6. The Morgan fingerprint density at radius 2 is 1.77 bits per heavy atom. The Kier molecular flexibility index (Phi) is 7.81. The molecule has 0 aliphatic rings. The van der Waals surface area contributed by atoms with Crippen LogP contribution in [0.15, 0.2) is 76.3 Å². The summed E-state index contributed by atoms with van der Waals surface area (Å²) in [4.78, 5) is 24.3. The molecule has 3 rings (SSSR count). The van der Waals surface area contributed by atoms with Gasteiger partial charge in [0.15, 0.2) is 6.61 Å². The van der Waals surface area contributed by atoms with Crippen LogP contribution in [0.1, 0.15) is 21.5 Å². The van der Waals surface area contributed by atoms with Crippen LogP contribution >= 0.6 is 27.5 Å². The molecule has 0 bridgehead atoms. The monoisotopic (exact) mass is 499 g/mol. The maximum Gasteiger partial charge on any atom is 0.271 e. The Morgan fingerprint density at radius 1 is 1.06 bits per heavy atom. The lowest BCUT2D eigenvalue weighted by molar-refractivity contribution is -0.118. The number of nitrogens with one attached hydrogen (secondary N) is 2. The van der Waals surface area contributed by atoms with Crippen molar-refractivity contribution in [1.29, 1.82) is 0 Å². The lowest BCUT2D eigenvalue weighted by Gasteiger charge is -2.10. The first kappa shape index (κ1) is 22.5. The Balaban J connectivity index is 1.61. The number of carbonyl (C=O) groups excluding carboxylic acids is 2. The minimum absolute atomic E-state index is 0.194. The molecule has 2 amide bonds. The number of aryl methyl sites for hydroxylation is 1. The Morgan fingerprint density at radius 3 is 2.48 bits per heavy atom. The van der Waals surface area contributed by atoms with Crippen molar-refractivity contribution in [3.05, 3.63) is 92.9 Å². The number of anilines is 1. The van der Waals surface area contributed by atoms with Crippen molar-refractivity contribution in [2.45, 2.75) is 6.92 Å². The van der Waals surface area contributed by atoms with Crippen LogP contribution in [0.4, 0.5) is 5.69 Å². The fourth-order valence-electron chi connectivity index (χ4n) is 2.56. The summed E-state index contributed by atoms with van der Waals surface area (Å²) in [6.45, 7) is 1.76. The minimum Gasteiger partial charge on any atom is -0.483 e. The molecule has 158 valence electrons. The van der Waals surface area contributed by atoms with Crippen molar-refractivity contribution >= 4 is 51.2 Å². The minimum atomic E-state index is -0.323. The fraction of sp³-hybridized carbons (Fsp3) is 0.0870. The highest BCUT2D eigenvalue weighted by Crippen LogP contribution is 2.22. The molecule has 6 nitrogen and oxygen atoms in total. The smallest absolute Gasteiger partial charge is 0.271 e. The van der Waals surface area contributed by atoms with E-state index in [9.17, 15) is 9.59 Å². The van der Waals surface area contributed by atoms with Gasteiger partial charge in [-0.3, -0.25) is 9.59 Å². The van der Waals surface area contributed by atoms with E-state index in [1.165, 1.54) is 6.21 Å². The van der Waals surface area contributed by atoms with Crippen LogP contribution in [0.2, 0.25) is 5.02 Å². The zero-order chi connectivity index (χ0) is 22.2. The van der Waals surface area contributed by atoms with Crippen molar-refractivity contribution < 1.29 is 14.3 Å². The molecule has 2 N–H and O–H groups in total. The van der Waals surface area contributed by atoms with Gasteiger partial charge in [-0.25, -0.2) is 5.43 Å². The van der Waals surface area contributed by atoms with Gasteiger partial charge in [0, 0.05) is 26.3 Å². The number of amides is 2. The average molecular weight is 501 g/mol. The normalized spacial score (nSPS) is 10.7. The maximum atomic E-state index is 12.2. The van der Waals surface area contributed by atoms with Crippen molar-refractivity contribution in [2.75, 3.05) is 11.9 Å². The van der Waals surface area contributed by atoms with E-state index >= 15 is 0 Å². The quantitative estimate of drug-likeness (QED) is 0.346. The SMILES string of the molecule is Cc1ccc(C(=O)N/N=C/c2cc(Br)ccc2OCC(=O)Nc2ccc(Cl)cc2)cc1. The molecule has 0 atom stereocenters. The van der Waals surface area contributed by atoms with Gasteiger partial charge in [-0.15, -0.1) is 0 Å². The molecule has 0 aliphatic heterocycles. The van der Waals surface area contributed by atoms with E-state index in [-0.39, 0.29) is 18.4 Å². The Bertz CT molecular complexity index is 1100. The summed E-state index contributed by atoms with van der Waals surface area (Å²) < 4.78 is 6.44. The third kappa shape index (κ3) is 6.94. The molecular formula is C23H19BrClN3O3. The molecule has 0 aromatic heterocycles. The highest BCUT2D eigenvalue weighted by Gasteiger charge is 2.08. The van der Waals surface area contributed by atoms with Crippen molar-refractivity contribution in [1.82, 2.24) is 5.43 Å². The van der Waals surface area contributed by atoms with E-state index < -0.39 is 0 Å². The summed E-state index contributed by atoms with van der Waals surface area (Å²) in [5.41, 5.74) is 5.27. The molecule has 0 saturated heterocycles. The summed E-state index contributed by atoms with van der Waals surface area (Å²) in [7, 11) is 0. The van der Waals surface area contributed by atoms with Gasteiger partial charge in [0.1, 0.15) is 5.75 Å². The molecule has 31 heavy (non-hydrogen) atoms. The first-order valence-electron chi connectivity index (χ1n) is 9.28. The topological polar surface area (TPSA) is 79.8 Å². The Hall–Kier alpha value is -3.16. The second kappa shape index (κ2) is 10.7. The summed E-state index contributed by atoms with van der Waals surface area (Å²) >= 11 is 9.24. The van der Waals surface area contributed by atoms with E-state index in [0.717, 1.165) is 10.0 Å². The van der Waals surface area contributed by atoms with Gasteiger partial charge in [-0.2, -0.15) is 5.10 Å². The van der Waals surface area contributed by atoms with Crippen LogP contribution in [-0.4, -0.2) is 24.6 Å². The molecule has 3 aromatic rings. The number of benzene rings is 3. The first-order chi connectivity index (χ1) is 14.9. The lowest BCUT2D eigenvalue weighted by Crippen LogP contribution is -2.20. The zero-order valence-corrected chi connectivity index (χ0v) is 18.9. The van der Waals surface area contributed by atoms with Gasteiger partial charge in [0.2, 0.25) is 0 Å². The Labute approximate surface area is 193 Å². The summed E-state index contributed by atoms with van der Waals surface area (Å²) in [5, 5.41) is 7.32. The molecule has 0 saturated carbocycles. The lowest BCUT2D eigenvalue weighted by atomic mass is 10.1. The molecule has 0 spiro atoms. The van der Waals surface area contributed by atoms with E-state index in [1.54, 1.807) is 54.6 Å². The molecule has 0 aliphatic carbocycles. The fourth-order valence-corrected chi connectivity index (χ4v) is 3.06. The number of hydrogen-bond donors (Lipinski definition) is 2. The summed E-state index contributed by atoms with van der Waals surface area (Å²) in [6, 6.07) is 19.2. The van der Waals surface area contributed by atoms with E-state index in [0.29, 0.717) is 27.6 Å². The largest absolute Gasteiger partial charge is 0.483 e. The highest BCUT2D eigenvalue weighted by atomic mass is 79.9. The van der Waals surface area contributed by atoms with Crippen molar-refractivity contribution in [2.24, 2.45) is 5.10 Å². The molecule has 8 heteroatoms. The van der Waals surface area contributed by atoms with Gasteiger partial charge < -0.3 is 10.1 Å². The third-order valence-corrected chi connectivity index (χ3v) is 4.89. The van der Waals surface area contributed by atoms with Crippen LogP contribution in [0.3, 0.4) is 0 Å². The second-order valence-electron chi connectivity index (χ2n) is 6.59. The van der Waals surface area contributed by atoms with Crippen LogP contribution in [-0.2, 0) is 4.79 Å². The van der Waals surface area contributed by atoms with Crippen molar-refractivity contribution in [3.8, 4) is 5.75 Å². The van der Waals surface area contributed by atoms with Crippen LogP contribution in [0.25, 0.3) is 0 Å². The number of nitrogens with zero attached hydrogens (tertiary/aromatic N) is 1. The van der Waals surface area contributed by atoms with E-state index in [4.69, 9.17) is 16.3 Å². The van der Waals surface area contributed by atoms with Crippen LogP contribution < -0.4 is 15.5 Å². The van der Waals surface area contributed by atoms with E-state index in [2.05, 4.69) is 31.8 Å². The average Bonchev–Trinajstić information content (AvgIpc) is 2.75. The molecule has 0 fully saturated rings. The predicted molar refractivity (Wildman–Crippen MR) is 126 cm³/mol. The number of hydrazone groups is 1. The molecule has 0 radical (unpaired) electrons. The van der Waals surface area contributed by atoms with Crippen molar-refractivity contribution in [3.63, 3.8) is 0 Å². The van der Waals surface area contributed by atoms with Crippen LogP contribution in [0, 0.1) is 6.92 Å². The number of ether oxygens (including phenoxy) is 1. The highest BCUT2D eigenvalue weighted by molar-refractivity contribution is 9.10. The number of carbonyl (C=O) groups is 2. The number of rotatable bonds is 7. The third-order valence-electron chi connectivity index (χ3n) is 4.14. The van der Waals surface area contributed by atoms with E-state index in [1.807, 2.05) is 19.1 Å². The van der Waals surface area contributed by atoms with Gasteiger partial charge in [-0.05, 0) is 61.5 Å². The molecule has 0 heterocycles. The van der Waals surface area contributed by atoms with Gasteiger partial charge >= 0.3 is 0 Å².